The first-order chi connectivity index (χ1) is 17.3. The minimum atomic E-state index is -1.08. The van der Waals surface area contributed by atoms with Crippen LogP contribution in [0.5, 0.6) is 5.75 Å². The molecule has 9 nitrogen and oxygen atoms in total. The summed E-state index contributed by atoms with van der Waals surface area (Å²) in [4.78, 5) is 42.4. The van der Waals surface area contributed by atoms with Crippen LogP contribution in [0.4, 0.5) is 5.69 Å². The van der Waals surface area contributed by atoms with Gasteiger partial charge in [-0.15, -0.1) is 0 Å². The van der Waals surface area contributed by atoms with Gasteiger partial charge in [-0.25, -0.2) is 0 Å². The number of hydrogen-bond donors (Lipinski definition) is 3. The Kier molecular flexibility index (Phi) is 7.33. The normalized spacial score (nSPS) is 28.8. The van der Waals surface area contributed by atoms with Gasteiger partial charge in [0.15, 0.2) is 0 Å². The van der Waals surface area contributed by atoms with Crippen LogP contribution < -0.4 is 15.4 Å². The van der Waals surface area contributed by atoms with Crippen molar-refractivity contribution in [1.82, 2.24) is 10.2 Å². The third-order valence-electron chi connectivity index (χ3n) is 7.56. The lowest BCUT2D eigenvalue weighted by molar-refractivity contribution is -0.142. The first-order valence-electron chi connectivity index (χ1n) is 13.3. The smallest absolute Gasteiger partial charge is 0.246 e. The minimum absolute atomic E-state index is 0.0100. The molecule has 1 spiro atoms. The van der Waals surface area contributed by atoms with Crippen molar-refractivity contribution in [2.75, 3.05) is 25.1 Å². The Bertz CT molecular complexity index is 1030. The molecule has 4 rings (SSSR count). The van der Waals surface area contributed by atoms with Crippen LogP contribution in [-0.2, 0) is 19.1 Å². The number of carbonyl (C=O) groups excluding carboxylic acids is 3. The number of nitrogens with one attached hydrogen (secondary N) is 2. The fraction of sp³-hybridized carbons (Fsp3) is 0.679. The highest BCUT2D eigenvalue weighted by Crippen LogP contribution is 2.58. The number of aliphatic hydroxyl groups is 1. The Labute approximate surface area is 219 Å². The Morgan fingerprint density at radius 3 is 2.43 bits per heavy atom. The second-order valence-electron chi connectivity index (χ2n) is 12.4. The van der Waals surface area contributed by atoms with Gasteiger partial charge in [0.25, 0.3) is 0 Å². The monoisotopic (exact) mass is 515 g/mol. The Balaban J connectivity index is 1.58. The summed E-state index contributed by atoms with van der Waals surface area (Å²) in [7, 11) is 0. The molecule has 0 saturated carbocycles. The largest absolute Gasteiger partial charge is 0.494 e. The van der Waals surface area contributed by atoms with E-state index in [1.165, 1.54) is 4.90 Å². The summed E-state index contributed by atoms with van der Waals surface area (Å²) in [5, 5.41) is 15.8. The van der Waals surface area contributed by atoms with E-state index in [9.17, 15) is 19.5 Å². The number of hydrogen-bond acceptors (Lipinski definition) is 6. The summed E-state index contributed by atoms with van der Waals surface area (Å²) >= 11 is 0. The molecule has 0 aromatic heterocycles. The average molecular weight is 516 g/mol. The number of β-amino-alcohol motifs (C(OH)–C–C–N with tert-alkyl or cyclic N) is 1. The number of fused-ring (bicyclic) bond motifs is 1. The lowest BCUT2D eigenvalue weighted by Crippen LogP contribution is -2.59. The van der Waals surface area contributed by atoms with Crippen molar-refractivity contribution in [3.63, 3.8) is 0 Å². The van der Waals surface area contributed by atoms with Gasteiger partial charge in [-0.05, 0) is 69.7 Å². The molecule has 3 amide bonds. The van der Waals surface area contributed by atoms with Crippen molar-refractivity contribution in [3.8, 4) is 5.75 Å². The first-order valence-corrected chi connectivity index (χ1v) is 13.3. The third kappa shape index (κ3) is 5.21. The Hall–Kier alpha value is -2.65. The van der Waals surface area contributed by atoms with Gasteiger partial charge >= 0.3 is 0 Å². The molecular formula is C28H41N3O6. The topological polar surface area (TPSA) is 117 Å². The van der Waals surface area contributed by atoms with Gasteiger partial charge in [0, 0.05) is 17.8 Å². The number of amides is 3. The molecule has 5 atom stereocenters. The molecule has 1 aromatic carbocycles. The highest BCUT2D eigenvalue weighted by Gasteiger charge is 2.74. The zero-order valence-corrected chi connectivity index (χ0v) is 22.8. The van der Waals surface area contributed by atoms with Crippen molar-refractivity contribution in [1.29, 1.82) is 0 Å². The van der Waals surface area contributed by atoms with Gasteiger partial charge < -0.3 is 30.1 Å². The van der Waals surface area contributed by atoms with E-state index in [2.05, 4.69) is 31.4 Å². The number of benzene rings is 1. The van der Waals surface area contributed by atoms with Gasteiger partial charge in [0.05, 0.1) is 31.2 Å². The highest BCUT2D eigenvalue weighted by atomic mass is 16.5. The van der Waals surface area contributed by atoms with Crippen LogP contribution >= 0.6 is 0 Å². The predicted molar refractivity (Wildman–Crippen MR) is 139 cm³/mol. The second kappa shape index (κ2) is 9.91. The van der Waals surface area contributed by atoms with Gasteiger partial charge in [-0.3, -0.25) is 14.4 Å². The van der Waals surface area contributed by atoms with Gasteiger partial charge in [0.2, 0.25) is 17.7 Å². The van der Waals surface area contributed by atoms with E-state index in [1.807, 2.05) is 20.8 Å². The molecule has 0 aliphatic carbocycles. The molecular weight excluding hydrogens is 474 g/mol. The van der Waals surface area contributed by atoms with Gasteiger partial charge in [0.1, 0.15) is 17.4 Å². The van der Waals surface area contributed by atoms with E-state index in [1.54, 1.807) is 24.3 Å². The number of nitrogens with zero attached hydrogens (tertiary/aromatic N) is 1. The van der Waals surface area contributed by atoms with Crippen LogP contribution in [0.3, 0.4) is 0 Å². The molecule has 204 valence electrons. The fourth-order valence-electron chi connectivity index (χ4n) is 6.90. The third-order valence-corrected chi connectivity index (χ3v) is 7.56. The summed E-state index contributed by atoms with van der Waals surface area (Å²) < 4.78 is 11.9. The highest BCUT2D eigenvalue weighted by molar-refractivity contribution is 6.02. The summed E-state index contributed by atoms with van der Waals surface area (Å²) in [5.41, 5.74) is -1.01. The standard InChI is InChI=1S/C28H41N3O6/c1-7-36-18-10-8-17(9-11-18)29-23(33)20-19-12-13-28(37-19)21(20)25(35)31(14-15-32)22(28)24(34)30-27(5,6)16-26(2,3)4/h8-11,19-22,32H,7,12-16H2,1-6H3,(H,29,33)(H,30,34)/t19-,20+,21-,22?,28?/m0/s1. The van der Waals surface area contributed by atoms with Crippen molar-refractivity contribution in [2.45, 2.75) is 84.1 Å². The van der Waals surface area contributed by atoms with E-state index in [0.717, 1.165) is 6.42 Å². The van der Waals surface area contributed by atoms with E-state index in [4.69, 9.17) is 9.47 Å². The summed E-state index contributed by atoms with van der Waals surface area (Å²) in [6.07, 6.45) is 1.40. The summed E-state index contributed by atoms with van der Waals surface area (Å²) in [5.74, 6) is -1.69. The van der Waals surface area contributed by atoms with Crippen LogP contribution in [0.1, 0.15) is 60.8 Å². The number of ether oxygens (including phenoxy) is 2. The summed E-state index contributed by atoms with van der Waals surface area (Å²) in [6.45, 7) is 12.5. The van der Waals surface area contributed by atoms with Gasteiger partial charge in [-0.1, -0.05) is 20.8 Å². The number of aliphatic hydroxyl groups excluding tert-OH is 1. The number of likely N-dealkylation sites (tertiary alicyclic amines) is 1. The van der Waals surface area contributed by atoms with Crippen LogP contribution in [0.2, 0.25) is 0 Å². The van der Waals surface area contributed by atoms with Crippen LogP contribution in [0.15, 0.2) is 24.3 Å². The van der Waals surface area contributed by atoms with Crippen LogP contribution in [-0.4, -0.2) is 70.8 Å². The number of carbonyl (C=O) groups is 3. The zero-order chi connectivity index (χ0) is 27.2. The lowest BCUT2D eigenvalue weighted by Gasteiger charge is -2.38. The molecule has 3 heterocycles. The van der Waals surface area contributed by atoms with Crippen molar-refractivity contribution in [2.24, 2.45) is 17.3 Å². The van der Waals surface area contributed by atoms with E-state index >= 15 is 0 Å². The molecule has 3 N–H and O–H groups in total. The molecule has 3 aliphatic heterocycles. The molecule has 3 aliphatic rings. The minimum Gasteiger partial charge on any atom is -0.494 e. The van der Waals surface area contributed by atoms with Crippen LogP contribution in [0.25, 0.3) is 0 Å². The van der Waals surface area contributed by atoms with Crippen molar-refractivity contribution in [3.05, 3.63) is 24.3 Å². The van der Waals surface area contributed by atoms with E-state index in [-0.39, 0.29) is 36.3 Å². The summed E-state index contributed by atoms with van der Waals surface area (Å²) in [6, 6.07) is 6.18. The number of anilines is 1. The Morgan fingerprint density at radius 1 is 1.16 bits per heavy atom. The maximum atomic E-state index is 13.8. The molecule has 37 heavy (non-hydrogen) atoms. The van der Waals surface area contributed by atoms with Crippen LogP contribution in [0, 0.1) is 17.3 Å². The molecule has 2 bridgehead atoms. The van der Waals surface area contributed by atoms with E-state index in [0.29, 0.717) is 30.9 Å². The predicted octanol–water partition coefficient (Wildman–Crippen LogP) is 2.72. The maximum Gasteiger partial charge on any atom is 0.246 e. The lowest BCUT2D eigenvalue weighted by atomic mass is 9.70. The SMILES string of the molecule is CCOc1ccc(NC(=O)[C@@H]2[C@@H]3CCC4(O3)C(C(=O)NC(C)(C)CC(C)(C)C)N(CCO)C(=O)[C@H]24)cc1. The quantitative estimate of drug-likeness (QED) is 0.466. The average Bonchev–Trinajstić information content (AvgIpc) is 3.41. The van der Waals surface area contributed by atoms with Crippen molar-refractivity contribution < 1.29 is 29.0 Å². The molecule has 1 aromatic rings. The van der Waals surface area contributed by atoms with Gasteiger partial charge in [-0.2, -0.15) is 0 Å². The molecule has 3 saturated heterocycles. The van der Waals surface area contributed by atoms with Crippen molar-refractivity contribution >= 4 is 23.4 Å². The second-order valence-corrected chi connectivity index (χ2v) is 12.4. The van der Waals surface area contributed by atoms with E-state index < -0.39 is 35.1 Å². The molecule has 9 heteroatoms. The first kappa shape index (κ1) is 27.4. The fourth-order valence-corrected chi connectivity index (χ4v) is 6.90. The molecule has 0 radical (unpaired) electrons. The Morgan fingerprint density at radius 2 is 1.84 bits per heavy atom. The maximum absolute atomic E-state index is 13.8. The zero-order valence-electron chi connectivity index (χ0n) is 22.8. The molecule has 3 fully saturated rings. The molecule has 2 unspecified atom stereocenters. The number of rotatable bonds is 9.